The van der Waals surface area contributed by atoms with E-state index in [1.165, 1.54) is 20.1 Å². The van der Waals surface area contributed by atoms with Gasteiger partial charge >= 0.3 is 11.9 Å². The smallest absolute Gasteiger partial charge is 0.355 e. The molecule has 0 radical (unpaired) electrons. The lowest BCUT2D eigenvalue weighted by atomic mass is 10.1. The summed E-state index contributed by atoms with van der Waals surface area (Å²) in [5.41, 5.74) is 2.01. The number of H-pyrrole nitrogens is 1. The van der Waals surface area contributed by atoms with Crippen molar-refractivity contribution in [2.24, 2.45) is 0 Å². The second-order valence-corrected chi connectivity index (χ2v) is 5.85. The van der Waals surface area contributed by atoms with Crippen molar-refractivity contribution in [3.63, 3.8) is 0 Å². The third-order valence-corrected chi connectivity index (χ3v) is 3.94. The summed E-state index contributed by atoms with van der Waals surface area (Å²) in [5, 5.41) is 11.5. The van der Waals surface area contributed by atoms with Gasteiger partial charge in [0, 0.05) is 11.4 Å². The van der Waals surface area contributed by atoms with Gasteiger partial charge in [-0.15, -0.1) is 0 Å². The summed E-state index contributed by atoms with van der Waals surface area (Å²) in [7, 11) is 1.25. The van der Waals surface area contributed by atoms with Crippen molar-refractivity contribution >= 4 is 23.5 Å². The number of anilines is 1. The van der Waals surface area contributed by atoms with Crippen molar-refractivity contribution in [3.8, 4) is 6.07 Å². The molecule has 2 aromatic rings. The van der Waals surface area contributed by atoms with Crippen molar-refractivity contribution in [2.75, 3.05) is 12.4 Å². The Balaban J connectivity index is 2.10. The fourth-order valence-corrected chi connectivity index (χ4v) is 2.55. The van der Waals surface area contributed by atoms with E-state index in [0.29, 0.717) is 22.5 Å². The van der Waals surface area contributed by atoms with Gasteiger partial charge in [-0.1, -0.05) is 6.07 Å². The lowest BCUT2D eigenvalue weighted by Crippen LogP contribution is -2.30. The second kappa shape index (κ2) is 8.19. The Morgan fingerprint density at radius 3 is 2.56 bits per heavy atom. The van der Waals surface area contributed by atoms with Gasteiger partial charge in [0.15, 0.2) is 6.10 Å². The third kappa shape index (κ3) is 4.33. The number of esters is 2. The van der Waals surface area contributed by atoms with Crippen molar-refractivity contribution in [1.82, 2.24) is 4.98 Å². The molecular formula is C19H19N3O5. The summed E-state index contributed by atoms with van der Waals surface area (Å²) < 4.78 is 9.89. The summed E-state index contributed by atoms with van der Waals surface area (Å²) in [5.74, 6) is -1.88. The van der Waals surface area contributed by atoms with Crippen LogP contribution in [0.4, 0.5) is 5.69 Å². The molecule has 2 N–H and O–H groups in total. The standard InChI is InChI=1S/C19H19N3O5/c1-10-15(18(24)26-4)11(2)21-16(10)19(25)27-12(3)17(23)22-14-7-5-6-13(8-14)9-20/h5-8,12,21H,1-4H3,(H,22,23)/t12-/m1/s1. The number of ether oxygens (including phenoxy) is 2. The number of benzene rings is 1. The zero-order valence-corrected chi connectivity index (χ0v) is 15.4. The minimum absolute atomic E-state index is 0.0824. The third-order valence-electron chi connectivity index (χ3n) is 3.94. The molecule has 8 heteroatoms. The van der Waals surface area contributed by atoms with Crippen molar-refractivity contribution < 1.29 is 23.9 Å². The van der Waals surface area contributed by atoms with E-state index in [-0.39, 0.29) is 11.3 Å². The van der Waals surface area contributed by atoms with Gasteiger partial charge in [0.05, 0.1) is 24.3 Å². The Morgan fingerprint density at radius 2 is 1.93 bits per heavy atom. The SMILES string of the molecule is COC(=O)c1c(C)[nH]c(C(=O)O[C@H](C)C(=O)Nc2cccc(C#N)c2)c1C. The monoisotopic (exact) mass is 369 g/mol. The highest BCUT2D eigenvalue weighted by molar-refractivity contribution is 6.00. The largest absolute Gasteiger partial charge is 0.465 e. The molecule has 0 unspecified atom stereocenters. The molecule has 140 valence electrons. The topological polar surface area (TPSA) is 121 Å². The maximum absolute atomic E-state index is 12.4. The molecule has 0 fully saturated rings. The van der Waals surface area contributed by atoms with E-state index in [1.807, 2.05) is 6.07 Å². The molecule has 27 heavy (non-hydrogen) atoms. The lowest BCUT2D eigenvalue weighted by Gasteiger charge is -2.13. The molecule has 1 atom stereocenters. The van der Waals surface area contributed by atoms with Gasteiger partial charge in [-0.05, 0) is 44.5 Å². The molecule has 0 aliphatic rings. The van der Waals surface area contributed by atoms with Gasteiger partial charge in [-0.3, -0.25) is 4.79 Å². The molecule has 0 aliphatic carbocycles. The van der Waals surface area contributed by atoms with Gasteiger partial charge in [-0.25, -0.2) is 9.59 Å². The van der Waals surface area contributed by atoms with Crippen LogP contribution < -0.4 is 5.32 Å². The zero-order chi connectivity index (χ0) is 20.1. The van der Waals surface area contributed by atoms with Crippen LogP contribution in [-0.4, -0.2) is 36.0 Å². The first kappa shape index (κ1) is 19.7. The molecule has 1 aromatic heterocycles. The number of carbonyl (C=O) groups excluding carboxylic acids is 3. The summed E-state index contributed by atoms with van der Waals surface area (Å²) in [6.07, 6.45) is -1.09. The van der Waals surface area contributed by atoms with E-state index in [1.54, 1.807) is 32.0 Å². The average molecular weight is 369 g/mol. The molecule has 1 heterocycles. The number of hydrogen-bond donors (Lipinski definition) is 2. The number of hydrogen-bond acceptors (Lipinski definition) is 6. The van der Waals surface area contributed by atoms with Crippen molar-refractivity contribution in [1.29, 1.82) is 5.26 Å². The number of nitrogens with one attached hydrogen (secondary N) is 2. The first-order chi connectivity index (χ1) is 12.8. The van der Waals surface area contributed by atoms with Crippen LogP contribution in [-0.2, 0) is 14.3 Å². The van der Waals surface area contributed by atoms with Gasteiger partial charge in [0.1, 0.15) is 5.69 Å². The molecule has 0 spiro atoms. The highest BCUT2D eigenvalue weighted by atomic mass is 16.5. The number of methoxy groups -OCH3 is 1. The van der Waals surface area contributed by atoms with Crippen LogP contribution in [0.5, 0.6) is 0 Å². The first-order valence-electron chi connectivity index (χ1n) is 8.08. The minimum Gasteiger partial charge on any atom is -0.465 e. The maximum atomic E-state index is 12.4. The Morgan fingerprint density at radius 1 is 1.22 bits per heavy atom. The second-order valence-electron chi connectivity index (χ2n) is 5.85. The summed E-state index contributed by atoms with van der Waals surface area (Å²) in [6, 6.07) is 8.33. The van der Waals surface area contributed by atoms with Crippen molar-refractivity contribution in [3.05, 3.63) is 52.3 Å². The molecule has 8 nitrogen and oxygen atoms in total. The average Bonchev–Trinajstić information content (AvgIpc) is 2.95. The van der Waals surface area contributed by atoms with Crippen LogP contribution >= 0.6 is 0 Å². The van der Waals surface area contributed by atoms with Gasteiger partial charge in [-0.2, -0.15) is 5.26 Å². The van der Waals surface area contributed by atoms with E-state index in [4.69, 9.17) is 14.7 Å². The highest BCUT2D eigenvalue weighted by Gasteiger charge is 2.26. The molecule has 0 saturated carbocycles. The Labute approximate surface area is 156 Å². The predicted molar refractivity (Wildman–Crippen MR) is 96.3 cm³/mol. The van der Waals surface area contributed by atoms with Crippen molar-refractivity contribution in [2.45, 2.75) is 26.9 Å². The Kier molecular flexibility index (Phi) is 5.98. The lowest BCUT2D eigenvalue weighted by molar-refractivity contribution is -0.123. The fraction of sp³-hybridized carbons (Fsp3) is 0.263. The fourth-order valence-electron chi connectivity index (χ4n) is 2.55. The minimum atomic E-state index is -1.09. The van der Waals surface area contributed by atoms with Crippen LogP contribution in [0.25, 0.3) is 0 Å². The van der Waals surface area contributed by atoms with E-state index in [2.05, 4.69) is 10.3 Å². The quantitative estimate of drug-likeness (QED) is 0.781. The predicted octanol–water partition coefficient (Wildman–Crippen LogP) is 2.47. The summed E-state index contributed by atoms with van der Waals surface area (Å²) in [6.45, 7) is 4.65. The summed E-state index contributed by atoms with van der Waals surface area (Å²) in [4.78, 5) is 39.2. The van der Waals surface area contributed by atoms with E-state index < -0.39 is 23.9 Å². The number of aromatic amines is 1. The normalized spacial score (nSPS) is 11.2. The van der Waals surface area contributed by atoms with Crippen LogP contribution in [0.1, 0.15) is 44.6 Å². The number of rotatable bonds is 5. The Bertz CT molecular complexity index is 939. The van der Waals surface area contributed by atoms with E-state index >= 15 is 0 Å². The molecule has 0 saturated heterocycles. The molecule has 0 bridgehead atoms. The van der Waals surface area contributed by atoms with Crippen LogP contribution in [0.2, 0.25) is 0 Å². The van der Waals surface area contributed by atoms with Gasteiger partial charge < -0.3 is 19.8 Å². The van der Waals surface area contributed by atoms with Gasteiger partial charge in [0.2, 0.25) is 0 Å². The number of amides is 1. The number of nitrogens with zero attached hydrogens (tertiary/aromatic N) is 1. The van der Waals surface area contributed by atoms with Crippen LogP contribution in [0.3, 0.4) is 0 Å². The molecule has 2 rings (SSSR count). The van der Waals surface area contributed by atoms with Crippen LogP contribution in [0.15, 0.2) is 24.3 Å². The van der Waals surface area contributed by atoms with Crippen LogP contribution in [0, 0.1) is 25.2 Å². The molecule has 1 amide bonds. The summed E-state index contributed by atoms with van der Waals surface area (Å²) >= 11 is 0. The maximum Gasteiger partial charge on any atom is 0.355 e. The molecule has 0 aliphatic heterocycles. The molecule has 1 aromatic carbocycles. The first-order valence-corrected chi connectivity index (χ1v) is 8.08. The number of aromatic nitrogens is 1. The number of nitriles is 1. The number of carbonyl (C=O) groups is 3. The van der Waals surface area contributed by atoms with Gasteiger partial charge in [0.25, 0.3) is 5.91 Å². The zero-order valence-electron chi connectivity index (χ0n) is 15.4. The Hall–Kier alpha value is -3.60. The van der Waals surface area contributed by atoms with E-state index in [0.717, 1.165) is 0 Å². The molecular weight excluding hydrogens is 350 g/mol. The van der Waals surface area contributed by atoms with E-state index in [9.17, 15) is 14.4 Å². The number of aryl methyl sites for hydroxylation is 1. The highest BCUT2D eigenvalue weighted by Crippen LogP contribution is 2.20.